The van der Waals surface area contributed by atoms with Crippen LogP contribution in [0.1, 0.15) is 33.6 Å². The first-order valence-corrected chi connectivity index (χ1v) is 5.67. The lowest BCUT2D eigenvalue weighted by Gasteiger charge is -2.34. The van der Waals surface area contributed by atoms with Crippen LogP contribution in [-0.4, -0.2) is 36.5 Å². The lowest BCUT2D eigenvalue weighted by molar-refractivity contribution is -0.135. The quantitative estimate of drug-likeness (QED) is 0.740. The topological polar surface area (TPSA) is 32.3 Å². The van der Waals surface area contributed by atoms with Gasteiger partial charge in [0.2, 0.25) is 5.91 Å². The molecule has 82 valence electrons. The average Bonchev–Trinajstić information content (AvgIpc) is 2.17. The average molecular weight is 198 g/mol. The summed E-state index contributed by atoms with van der Waals surface area (Å²) in [5, 5.41) is 3.41. The van der Waals surface area contributed by atoms with Crippen LogP contribution in [0.4, 0.5) is 0 Å². The molecular formula is C11H22N2O. The highest BCUT2D eigenvalue weighted by Crippen LogP contribution is 2.12. The number of amides is 1. The van der Waals surface area contributed by atoms with Gasteiger partial charge < -0.3 is 10.2 Å². The Morgan fingerprint density at radius 2 is 2.29 bits per heavy atom. The minimum absolute atomic E-state index is 0.135. The van der Waals surface area contributed by atoms with Crippen LogP contribution in [0, 0.1) is 5.92 Å². The van der Waals surface area contributed by atoms with Crippen molar-refractivity contribution in [3.8, 4) is 0 Å². The Bertz CT molecular complexity index is 190. The van der Waals surface area contributed by atoms with E-state index in [0.29, 0.717) is 11.9 Å². The number of nitrogens with one attached hydrogen (secondary N) is 1. The summed E-state index contributed by atoms with van der Waals surface area (Å²) in [5.41, 5.74) is 0. The normalized spacial score (nSPS) is 22.9. The van der Waals surface area contributed by atoms with Gasteiger partial charge in [0.05, 0.1) is 0 Å². The van der Waals surface area contributed by atoms with Crippen LogP contribution in [-0.2, 0) is 4.79 Å². The number of hydrogen-bond acceptors (Lipinski definition) is 2. The van der Waals surface area contributed by atoms with Crippen LogP contribution >= 0.6 is 0 Å². The van der Waals surface area contributed by atoms with Crippen molar-refractivity contribution in [1.29, 1.82) is 0 Å². The van der Waals surface area contributed by atoms with Crippen molar-refractivity contribution in [3.05, 3.63) is 0 Å². The molecular weight excluding hydrogens is 176 g/mol. The first-order chi connectivity index (χ1) is 6.65. The fourth-order valence-corrected chi connectivity index (χ4v) is 2.00. The van der Waals surface area contributed by atoms with E-state index in [2.05, 4.69) is 12.2 Å². The molecule has 1 fully saturated rings. The van der Waals surface area contributed by atoms with Crippen molar-refractivity contribution in [2.75, 3.05) is 19.6 Å². The summed E-state index contributed by atoms with van der Waals surface area (Å²) in [7, 11) is 0. The number of piperidine rings is 1. The molecule has 0 aromatic rings. The molecule has 1 amide bonds. The van der Waals surface area contributed by atoms with Gasteiger partial charge in [0.15, 0.2) is 0 Å². The van der Waals surface area contributed by atoms with Gasteiger partial charge in [-0.05, 0) is 19.4 Å². The number of nitrogens with zero attached hydrogens (tertiary/aromatic N) is 1. The summed E-state index contributed by atoms with van der Waals surface area (Å²) >= 11 is 0. The van der Waals surface area contributed by atoms with Crippen molar-refractivity contribution in [2.24, 2.45) is 5.92 Å². The number of likely N-dealkylation sites (N-methyl/N-ethyl adjacent to an activating group) is 1. The number of hydrogen-bond donors (Lipinski definition) is 1. The highest BCUT2D eigenvalue weighted by molar-refractivity contribution is 5.78. The zero-order valence-corrected chi connectivity index (χ0v) is 9.55. The second kappa shape index (κ2) is 5.35. The molecule has 0 aromatic heterocycles. The third-order valence-electron chi connectivity index (χ3n) is 2.72. The van der Waals surface area contributed by atoms with E-state index >= 15 is 0 Å². The summed E-state index contributed by atoms with van der Waals surface area (Å²) in [5.74, 6) is 0.433. The summed E-state index contributed by atoms with van der Waals surface area (Å²) < 4.78 is 0. The van der Waals surface area contributed by atoms with Gasteiger partial charge in [0.1, 0.15) is 0 Å². The smallest absolute Gasteiger partial charge is 0.225 e. The zero-order chi connectivity index (χ0) is 10.6. The molecule has 1 unspecified atom stereocenters. The van der Waals surface area contributed by atoms with E-state index in [0.717, 1.165) is 26.1 Å². The van der Waals surface area contributed by atoms with E-state index < -0.39 is 0 Å². The maximum absolute atomic E-state index is 11.7. The molecule has 1 heterocycles. The number of likely N-dealkylation sites (tertiary alicyclic amines) is 1. The maximum Gasteiger partial charge on any atom is 0.225 e. The van der Waals surface area contributed by atoms with Crippen LogP contribution in [0.15, 0.2) is 0 Å². The minimum atomic E-state index is 0.135. The Labute approximate surface area is 86.9 Å². The monoisotopic (exact) mass is 198 g/mol. The Morgan fingerprint density at radius 3 is 2.86 bits per heavy atom. The van der Waals surface area contributed by atoms with E-state index in [1.165, 1.54) is 6.42 Å². The third-order valence-corrected chi connectivity index (χ3v) is 2.72. The Morgan fingerprint density at radius 1 is 1.57 bits per heavy atom. The molecule has 14 heavy (non-hydrogen) atoms. The van der Waals surface area contributed by atoms with Gasteiger partial charge in [0.25, 0.3) is 0 Å². The van der Waals surface area contributed by atoms with Crippen LogP contribution in [0.3, 0.4) is 0 Å². The van der Waals surface area contributed by atoms with Crippen molar-refractivity contribution in [3.63, 3.8) is 0 Å². The molecule has 0 saturated carbocycles. The molecule has 0 aliphatic carbocycles. The molecule has 1 atom stereocenters. The molecule has 3 heteroatoms. The van der Waals surface area contributed by atoms with E-state index in [9.17, 15) is 4.79 Å². The summed E-state index contributed by atoms with van der Waals surface area (Å²) in [6.07, 6.45) is 2.34. The van der Waals surface area contributed by atoms with Gasteiger partial charge in [-0.25, -0.2) is 0 Å². The molecule has 0 radical (unpaired) electrons. The Kier molecular flexibility index (Phi) is 4.39. The second-order valence-corrected chi connectivity index (χ2v) is 4.34. The molecule has 0 aromatic carbocycles. The van der Waals surface area contributed by atoms with Crippen LogP contribution in [0.25, 0.3) is 0 Å². The number of carbonyl (C=O) groups is 1. The predicted octanol–water partition coefficient (Wildman–Crippen LogP) is 1.24. The summed E-state index contributed by atoms with van der Waals surface area (Å²) in [6.45, 7) is 8.89. The number of carbonyl (C=O) groups excluding carboxylic acids is 1. The zero-order valence-electron chi connectivity index (χ0n) is 9.55. The second-order valence-electron chi connectivity index (χ2n) is 4.34. The molecule has 0 bridgehead atoms. The van der Waals surface area contributed by atoms with E-state index in [4.69, 9.17) is 0 Å². The maximum atomic E-state index is 11.7. The Hall–Kier alpha value is -0.570. The largest absolute Gasteiger partial charge is 0.341 e. The fourth-order valence-electron chi connectivity index (χ4n) is 2.00. The van der Waals surface area contributed by atoms with Gasteiger partial charge in [-0.2, -0.15) is 0 Å². The summed E-state index contributed by atoms with van der Waals surface area (Å²) in [4.78, 5) is 13.7. The highest BCUT2D eigenvalue weighted by Gasteiger charge is 2.24. The molecule has 0 spiro atoms. The van der Waals surface area contributed by atoms with Gasteiger partial charge in [0, 0.05) is 25.0 Å². The minimum Gasteiger partial charge on any atom is -0.341 e. The number of rotatable bonds is 3. The SMILES string of the molecule is CCNC1CCCN(C(=O)C(C)C)C1. The van der Waals surface area contributed by atoms with Crippen LogP contribution in [0.5, 0.6) is 0 Å². The third kappa shape index (κ3) is 2.98. The van der Waals surface area contributed by atoms with Gasteiger partial charge in [-0.1, -0.05) is 20.8 Å². The Balaban J connectivity index is 2.43. The molecule has 1 aliphatic rings. The van der Waals surface area contributed by atoms with Gasteiger partial charge in [-0.3, -0.25) is 4.79 Å². The lowest BCUT2D eigenvalue weighted by atomic mass is 10.0. The van der Waals surface area contributed by atoms with Crippen molar-refractivity contribution in [1.82, 2.24) is 10.2 Å². The first kappa shape index (κ1) is 11.5. The standard InChI is InChI=1S/C11H22N2O/c1-4-12-10-6-5-7-13(8-10)11(14)9(2)3/h9-10,12H,4-8H2,1-3H3. The highest BCUT2D eigenvalue weighted by atomic mass is 16.2. The first-order valence-electron chi connectivity index (χ1n) is 5.67. The van der Waals surface area contributed by atoms with Crippen LogP contribution < -0.4 is 5.32 Å². The molecule has 1 N–H and O–H groups in total. The van der Waals surface area contributed by atoms with Crippen molar-refractivity contribution >= 4 is 5.91 Å². The molecule has 1 rings (SSSR count). The predicted molar refractivity (Wildman–Crippen MR) is 58.1 cm³/mol. The molecule has 3 nitrogen and oxygen atoms in total. The van der Waals surface area contributed by atoms with Crippen molar-refractivity contribution < 1.29 is 4.79 Å². The lowest BCUT2D eigenvalue weighted by Crippen LogP contribution is -2.49. The fraction of sp³-hybridized carbons (Fsp3) is 0.909. The van der Waals surface area contributed by atoms with Gasteiger partial charge >= 0.3 is 0 Å². The van der Waals surface area contributed by atoms with E-state index in [1.807, 2.05) is 18.7 Å². The molecule has 1 aliphatic heterocycles. The summed E-state index contributed by atoms with van der Waals surface area (Å²) in [6, 6.07) is 0.511. The van der Waals surface area contributed by atoms with E-state index in [-0.39, 0.29) is 5.92 Å². The van der Waals surface area contributed by atoms with Crippen molar-refractivity contribution in [2.45, 2.75) is 39.7 Å². The van der Waals surface area contributed by atoms with Crippen LogP contribution in [0.2, 0.25) is 0 Å². The molecule has 1 saturated heterocycles. The van der Waals surface area contributed by atoms with Gasteiger partial charge in [-0.15, -0.1) is 0 Å². The van der Waals surface area contributed by atoms with E-state index in [1.54, 1.807) is 0 Å².